The van der Waals surface area contributed by atoms with Gasteiger partial charge >= 0.3 is 0 Å². The van der Waals surface area contributed by atoms with Crippen molar-refractivity contribution in [3.8, 4) is 12.3 Å². The van der Waals surface area contributed by atoms with Crippen molar-refractivity contribution in [1.82, 2.24) is 5.32 Å². The maximum absolute atomic E-state index is 12.5. The Morgan fingerprint density at radius 3 is 1.84 bits per heavy atom. The van der Waals surface area contributed by atoms with Crippen molar-refractivity contribution >= 4 is 11.7 Å². The quantitative estimate of drug-likeness (QED) is 0.201. The molecule has 0 fully saturated rings. The first-order valence-corrected chi connectivity index (χ1v) is 12.0. The van der Waals surface area contributed by atoms with E-state index in [1.54, 1.807) is 0 Å². The summed E-state index contributed by atoms with van der Waals surface area (Å²) in [5.41, 5.74) is 0.183. The van der Waals surface area contributed by atoms with Crippen molar-refractivity contribution in [2.45, 2.75) is 85.0 Å². The molecule has 0 atom stereocenters. The van der Waals surface area contributed by atoms with Gasteiger partial charge in [-0.2, -0.15) is 0 Å². The van der Waals surface area contributed by atoms with Crippen LogP contribution >= 0.6 is 0 Å². The SMILES string of the molecule is C#CCCC(=O)NCCOCCOCCOCCC(=O)CC(CCC)(CCC)CCC. The molecular weight excluding hydrogens is 394 g/mol. The maximum atomic E-state index is 12.5. The molecule has 0 spiro atoms. The first-order chi connectivity index (χ1) is 15.0. The van der Waals surface area contributed by atoms with Gasteiger partial charge in [-0.1, -0.05) is 40.0 Å². The number of ether oxygens (including phenoxy) is 3. The summed E-state index contributed by atoms with van der Waals surface area (Å²) >= 11 is 0. The Morgan fingerprint density at radius 2 is 1.32 bits per heavy atom. The van der Waals surface area contributed by atoms with Crippen LogP contribution in [0.25, 0.3) is 0 Å². The van der Waals surface area contributed by atoms with Crippen molar-refractivity contribution < 1.29 is 23.8 Å². The fraction of sp³-hybridized carbons (Fsp3) is 0.840. The molecule has 6 heteroatoms. The van der Waals surface area contributed by atoms with Crippen LogP contribution in [-0.2, 0) is 23.8 Å². The van der Waals surface area contributed by atoms with Gasteiger partial charge in [0.15, 0.2) is 0 Å². The topological polar surface area (TPSA) is 73.9 Å². The van der Waals surface area contributed by atoms with Gasteiger partial charge in [0.25, 0.3) is 0 Å². The molecule has 0 unspecified atom stereocenters. The van der Waals surface area contributed by atoms with Gasteiger partial charge in [-0.25, -0.2) is 0 Å². The first kappa shape index (κ1) is 29.6. The molecule has 0 aromatic rings. The van der Waals surface area contributed by atoms with Gasteiger partial charge in [0.05, 0.1) is 39.6 Å². The third-order valence-electron chi connectivity index (χ3n) is 5.25. The zero-order valence-electron chi connectivity index (χ0n) is 20.1. The van der Waals surface area contributed by atoms with Crippen LogP contribution in [0.4, 0.5) is 0 Å². The fourth-order valence-corrected chi connectivity index (χ4v) is 4.00. The monoisotopic (exact) mass is 439 g/mol. The molecule has 0 aliphatic heterocycles. The summed E-state index contributed by atoms with van der Waals surface area (Å²) < 4.78 is 16.4. The van der Waals surface area contributed by atoms with Crippen LogP contribution in [0.15, 0.2) is 0 Å². The molecule has 0 saturated heterocycles. The number of ketones is 1. The van der Waals surface area contributed by atoms with Crippen molar-refractivity contribution in [3.05, 3.63) is 0 Å². The Bertz CT molecular complexity index is 484. The van der Waals surface area contributed by atoms with Crippen molar-refractivity contribution in [2.24, 2.45) is 5.41 Å². The average Bonchev–Trinajstić information content (AvgIpc) is 2.73. The number of carbonyl (C=O) groups excluding carboxylic acids is 2. The zero-order valence-corrected chi connectivity index (χ0v) is 20.1. The average molecular weight is 440 g/mol. The molecule has 0 aliphatic carbocycles. The summed E-state index contributed by atoms with van der Waals surface area (Å²) in [4.78, 5) is 23.8. The summed E-state index contributed by atoms with van der Waals surface area (Å²) in [6.45, 7) is 9.88. The third-order valence-corrected chi connectivity index (χ3v) is 5.25. The highest BCUT2D eigenvalue weighted by atomic mass is 16.5. The number of rotatable bonds is 22. The van der Waals surface area contributed by atoms with Crippen molar-refractivity contribution in [1.29, 1.82) is 0 Å². The summed E-state index contributed by atoms with van der Waals surface area (Å²) in [7, 11) is 0. The molecule has 0 bridgehead atoms. The van der Waals surface area contributed by atoms with E-state index in [1.807, 2.05) is 0 Å². The largest absolute Gasteiger partial charge is 0.379 e. The summed E-state index contributed by atoms with van der Waals surface area (Å²) in [5, 5.41) is 2.74. The van der Waals surface area contributed by atoms with E-state index in [0.29, 0.717) is 77.7 Å². The zero-order chi connectivity index (χ0) is 23.2. The number of Topliss-reactive ketones (excluding diaryl/α,β-unsaturated/α-hetero) is 1. The summed E-state index contributed by atoms with van der Waals surface area (Å²) in [6, 6.07) is 0. The van der Waals surface area contributed by atoms with Gasteiger partial charge < -0.3 is 19.5 Å². The van der Waals surface area contributed by atoms with Crippen LogP contribution < -0.4 is 5.32 Å². The van der Waals surface area contributed by atoms with E-state index < -0.39 is 0 Å². The molecule has 1 amide bonds. The Kier molecular flexibility index (Phi) is 19.5. The molecule has 6 nitrogen and oxygen atoms in total. The smallest absolute Gasteiger partial charge is 0.221 e. The number of terminal acetylenes is 1. The van der Waals surface area contributed by atoms with E-state index in [0.717, 1.165) is 38.5 Å². The highest BCUT2D eigenvalue weighted by Crippen LogP contribution is 2.39. The molecule has 31 heavy (non-hydrogen) atoms. The fourth-order valence-electron chi connectivity index (χ4n) is 4.00. The second-order valence-corrected chi connectivity index (χ2v) is 8.11. The Balaban J connectivity index is 3.68. The lowest BCUT2D eigenvalue weighted by Crippen LogP contribution is -2.27. The molecule has 0 rings (SSSR count). The Hall–Kier alpha value is -1.42. The van der Waals surface area contributed by atoms with Crippen LogP contribution in [0, 0.1) is 17.8 Å². The Labute approximate surface area is 190 Å². The molecule has 1 N–H and O–H groups in total. The normalized spacial score (nSPS) is 11.3. The van der Waals surface area contributed by atoms with Gasteiger partial charge in [0.1, 0.15) is 5.78 Å². The lowest BCUT2D eigenvalue weighted by Gasteiger charge is -2.33. The predicted molar refractivity (Wildman–Crippen MR) is 125 cm³/mol. The van der Waals surface area contributed by atoms with Gasteiger partial charge in [-0.15, -0.1) is 12.3 Å². The van der Waals surface area contributed by atoms with Crippen LogP contribution in [0.5, 0.6) is 0 Å². The van der Waals surface area contributed by atoms with Crippen LogP contribution in [0.1, 0.15) is 85.0 Å². The second kappa shape index (κ2) is 20.5. The van der Waals surface area contributed by atoms with E-state index in [9.17, 15) is 9.59 Å². The minimum atomic E-state index is -0.0554. The van der Waals surface area contributed by atoms with Gasteiger partial charge in [-0.05, 0) is 24.7 Å². The van der Waals surface area contributed by atoms with Crippen molar-refractivity contribution in [3.63, 3.8) is 0 Å². The van der Waals surface area contributed by atoms with E-state index in [2.05, 4.69) is 32.0 Å². The summed E-state index contributed by atoms with van der Waals surface area (Å²) in [6.07, 6.45) is 13.9. The van der Waals surface area contributed by atoms with E-state index in [4.69, 9.17) is 20.6 Å². The maximum Gasteiger partial charge on any atom is 0.221 e. The molecule has 0 aromatic heterocycles. The number of hydrogen-bond acceptors (Lipinski definition) is 5. The number of amides is 1. The molecular formula is C25H45NO5. The van der Waals surface area contributed by atoms with Crippen molar-refractivity contribution in [2.75, 3.05) is 46.2 Å². The number of hydrogen-bond donors (Lipinski definition) is 1. The van der Waals surface area contributed by atoms with Crippen LogP contribution in [0.3, 0.4) is 0 Å². The molecule has 0 heterocycles. The molecule has 0 aromatic carbocycles. The predicted octanol–water partition coefficient (Wildman–Crippen LogP) is 4.30. The minimum Gasteiger partial charge on any atom is -0.379 e. The highest BCUT2D eigenvalue weighted by molar-refractivity contribution is 5.79. The first-order valence-electron chi connectivity index (χ1n) is 12.0. The van der Waals surface area contributed by atoms with E-state index >= 15 is 0 Å². The Morgan fingerprint density at radius 1 is 0.806 bits per heavy atom. The minimum absolute atomic E-state index is 0.0554. The number of nitrogens with one attached hydrogen (secondary N) is 1. The lowest BCUT2D eigenvalue weighted by molar-refractivity contribution is -0.123. The van der Waals surface area contributed by atoms with Gasteiger partial charge in [0.2, 0.25) is 5.91 Å². The lowest BCUT2D eigenvalue weighted by atomic mass is 9.72. The third kappa shape index (κ3) is 16.9. The van der Waals surface area contributed by atoms with E-state index in [1.165, 1.54) is 0 Å². The van der Waals surface area contributed by atoms with E-state index in [-0.39, 0.29) is 11.3 Å². The highest BCUT2D eigenvalue weighted by Gasteiger charge is 2.29. The van der Waals surface area contributed by atoms with Crippen LogP contribution in [0.2, 0.25) is 0 Å². The molecule has 180 valence electrons. The standard InChI is InChI=1S/C25H45NO5/c1-5-9-10-24(28)26-15-17-30-19-21-31-20-18-29-16-11-23(27)22-25(12-6-2,13-7-3)14-8-4/h1H,6-22H2,2-4H3,(H,26,28). The van der Waals surface area contributed by atoms with Gasteiger partial charge in [-0.3, -0.25) is 9.59 Å². The molecule has 0 aliphatic rings. The second-order valence-electron chi connectivity index (χ2n) is 8.11. The summed E-state index contributed by atoms with van der Waals surface area (Å²) in [5.74, 6) is 2.69. The molecule has 0 saturated carbocycles. The van der Waals surface area contributed by atoms with Crippen LogP contribution in [-0.4, -0.2) is 57.9 Å². The van der Waals surface area contributed by atoms with Gasteiger partial charge in [0, 0.05) is 32.2 Å². The molecule has 0 radical (unpaired) electrons. The number of carbonyl (C=O) groups is 2.